The standard InChI is InChI=1S/C18H17N3/c1-2-13-3-4-15-6-8-21(17(15)10-13)12-14-9-16-5-7-19-18(16)20-11-14/h2-5,7,9-11H,1,6,8,12H2,(H,19,20). The van der Waals surface area contributed by atoms with Gasteiger partial charge in [0.25, 0.3) is 0 Å². The Morgan fingerprint density at radius 1 is 1.29 bits per heavy atom. The SMILES string of the molecule is C=Cc1ccc2c(c1)N(Cc1cnc3[nH]ccc3c1)CC2. The molecular weight excluding hydrogens is 258 g/mol. The molecule has 0 saturated heterocycles. The summed E-state index contributed by atoms with van der Waals surface area (Å²) in [7, 11) is 0. The number of rotatable bonds is 3. The summed E-state index contributed by atoms with van der Waals surface area (Å²) in [5.74, 6) is 0. The lowest BCUT2D eigenvalue weighted by Crippen LogP contribution is -2.19. The first kappa shape index (κ1) is 12.2. The quantitative estimate of drug-likeness (QED) is 0.789. The van der Waals surface area contributed by atoms with Crippen molar-refractivity contribution in [3.05, 3.63) is 66.0 Å². The van der Waals surface area contributed by atoms with E-state index in [1.807, 2.05) is 18.5 Å². The average molecular weight is 275 g/mol. The van der Waals surface area contributed by atoms with Gasteiger partial charge in [-0.25, -0.2) is 4.98 Å². The predicted molar refractivity (Wildman–Crippen MR) is 87.4 cm³/mol. The second-order valence-corrected chi connectivity index (χ2v) is 5.52. The molecule has 21 heavy (non-hydrogen) atoms. The van der Waals surface area contributed by atoms with Crippen molar-refractivity contribution in [1.29, 1.82) is 0 Å². The first-order valence-electron chi connectivity index (χ1n) is 7.26. The first-order valence-corrected chi connectivity index (χ1v) is 7.26. The smallest absolute Gasteiger partial charge is 0.137 e. The Bertz CT molecular complexity index is 816. The normalized spacial score (nSPS) is 13.6. The molecule has 0 amide bonds. The minimum atomic E-state index is 0.904. The summed E-state index contributed by atoms with van der Waals surface area (Å²) in [4.78, 5) is 10.0. The van der Waals surface area contributed by atoms with Gasteiger partial charge in [0.05, 0.1) is 0 Å². The highest BCUT2D eigenvalue weighted by Crippen LogP contribution is 2.30. The average Bonchev–Trinajstić information content (AvgIpc) is 3.13. The summed E-state index contributed by atoms with van der Waals surface area (Å²) in [6.45, 7) is 5.84. The van der Waals surface area contributed by atoms with Crippen LogP contribution in [0.5, 0.6) is 0 Å². The van der Waals surface area contributed by atoms with Crippen LogP contribution < -0.4 is 4.90 Å². The van der Waals surface area contributed by atoms with Gasteiger partial charge < -0.3 is 9.88 Å². The van der Waals surface area contributed by atoms with E-state index in [1.165, 1.54) is 27.8 Å². The van der Waals surface area contributed by atoms with Crippen LogP contribution in [0, 0.1) is 0 Å². The molecule has 0 unspecified atom stereocenters. The van der Waals surface area contributed by atoms with Gasteiger partial charge in [-0.15, -0.1) is 0 Å². The Kier molecular flexibility index (Phi) is 2.78. The lowest BCUT2D eigenvalue weighted by atomic mass is 10.1. The second-order valence-electron chi connectivity index (χ2n) is 5.52. The summed E-state index contributed by atoms with van der Waals surface area (Å²) in [6.07, 6.45) is 6.92. The Morgan fingerprint density at radius 2 is 2.24 bits per heavy atom. The van der Waals surface area contributed by atoms with E-state index in [2.05, 4.69) is 51.8 Å². The Morgan fingerprint density at radius 3 is 3.14 bits per heavy atom. The fraction of sp³-hybridized carbons (Fsp3) is 0.167. The van der Waals surface area contributed by atoms with Crippen molar-refractivity contribution in [2.75, 3.05) is 11.4 Å². The molecule has 0 bridgehead atoms. The van der Waals surface area contributed by atoms with E-state index in [-0.39, 0.29) is 0 Å². The van der Waals surface area contributed by atoms with Crippen molar-refractivity contribution in [1.82, 2.24) is 9.97 Å². The molecule has 1 aromatic carbocycles. The number of fused-ring (bicyclic) bond motifs is 2. The number of aromatic nitrogens is 2. The van der Waals surface area contributed by atoms with Crippen molar-refractivity contribution >= 4 is 22.8 Å². The van der Waals surface area contributed by atoms with E-state index in [9.17, 15) is 0 Å². The number of nitrogens with one attached hydrogen (secondary N) is 1. The number of pyridine rings is 1. The van der Waals surface area contributed by atoms with Crippen LogP contribution in [-0.4, -0.2) is 16.5 Å². The van der Waals surface area contributed by atoms with Crippen LogP contribution in [0.1, 0.15) is 16.7 Å². The molecule has 0 saturated carbocycles. The number of nitrogens with zero attached hydrogens (tertiary/aromatic N) is 2. The molecule has 104 valence electrons. The van der Waals surface area contributed by atoms with Crippen LogP contribution in [-0.2, 0) is 13.0 Å². The maximum atomic E-state index is 4.47. The third kappa shape index (κ3) is 2.11. The topological polar surface area (TPSA) is 31.9 Å². The number of H-pyrrole nitrogens is 1. The molecular formula is C18H17N3. The number of hydrogen-bond donors (Lipinski definition) is 1. The van der Waals surface area contributed by atoms with Gasteiger partial charge >= 0.3 is 0 Å². The highest BCUT2D eigenvalue weighted by atomic mass is 15.1. The second kappa shape index (κ2) is 4.77. The molecule has 0 spiro atoms. The van der Waals surface area contributed by atoms with Gasteiger partial charge in [-0.3, -0.25) is 0 Å². The number of hydrogen-bond acceptors (Lipinski definition) is 2. The van der Waals surface area contributed by atoms with Crippen LogP contribution in [0.4, 0.5) is 5.69 Å². The molecule has 3 nitrogen and oxygen atoms in total. The molecule has 1 aliphatic rings. The Balaban J connectivity index is 1.65. The zero-order valence-corrected chi connectivity index (χ0v) is 11.8. The van der Waals surface area contributed by atoms with Gasteiger partial charge in [-0.1, -0.05) is 24.8 Å². The third-order valence-electron chi connectivity index (χ3n) is 4.17. The summed E-state index contributed by atoms with van der Waals surface area (Å²) >= 11 is 0. The van der Waals surface area contributed by atoms with E-state index < -0.39 is 0 Å². The van der Waals surface area contributed by atoms with Crippen LogP contribution >= 0.6 is 0 Å². The van der Waals surface area contributed by atoms with Crippen molar-refractivity contribution in [2.45, 2.75) is 13.0 Å². The van der Waals surface area contributed by atoms with Gasteiger partial charge in [-0.2, -0.15) is 0 Å². The van der Waals surface area contributed by atoms with Crippen molar-refractivity contribution in [3.63, 3.8) is 0 Å². The summed E-state index contributed by atoms with van der Waals surface area (Å²) in [5.41, 5.74) is 6.14. The van der Waals surface area contributed by atoms with E-state index in [4.69, 9.17) is 0 Å². The van der Waals surface area contributed by atoms with Gasteiger partial charge in [-0.05, 0) is 41.3 Å². The van der Waals surface area contributed by atoms with Gasteiger partial charge in [0, 0.05) is 36.6 Å². The third-order valence-corrected chi connectivity index (χ3v) is 4.17. The minimum Gasteiger partial charge on any atom is -0.367 e. The molecule has 3 heteroatoms. The van der Waals surface area contributed by atoms with E-state index in [1.54, 1.807) is 0 Å². The molecule has 3 aromatic rings. The monoisotopic (exact) mass is 275 g/mol. The van der Waals surface area contributed by atoms with E-state index >= 15 is 0 Å². The number of anilines is 1. The zero-order chi connectivity index (χ0) is 14.2. The summed E-state index contributed by atoms with van der Waals surface area (Å²) < 4.78 is 0. The Labute approximate surface area is 123 Å². The molecule has 0 atom stereocenters. The largest absolute Gasteiger partial charge is 0.367 e. The molecule has 0 aliphatic carbocycles. The van der Waals surface area contributed by atoms with Gasteiger partial charge in [0.15, 0.2) is 0 Å². The van der Waals surface area contributed by atoms with Gasteiger partial charge in [0.1, 0.15) is 5.65 Å². The van der Waals surface area contributed by atoms with Crippen LogP contribution in [0.25, 0.3) is 17.1 Å². The lowest BCUT2D eigenvalue weighted by molar-refractivity contribution is 0.834. The van der Waals surface area contributed by atoms with Gasteiger partial charge in [0.2, 0.25) is 0 Å². The van der Waals surface area contributed by atoms with Crippen molar-refractivity contribution in [2.24, 2.45) is 0 Å². The molecule has 4 rings (SSSR count). The number of aromatic amines is 1. The fourth-order valence-corrected chi connectivity index (χ4v) is 3.05. The molecule has 3 heterocycles. The summed E-state index contributed by atoms with van der Waals surface area (Å²) in [6, 6.07) is 10.9. The van der Waals surface area contributed by atoms with E-state index in [0.717, 1.165) is 25.2 Å². The molecule has 1 aliphatic heterocycles. The maximum Gasteiger partial charge on any atom is 0.137 e. The lowest BCUT2D eigenvalue weighted by Gasteiger charge is -2.19. The maximum absolute atomic E-state index is 4.47. The summed E-state index contributed by atoms with van der Waals surface area (Å²) in [5, 5.41) is 1.17. The minimum absolute atomic E-state index is 0.904. The molecule has 0 radical (unpaired) electrons. The van der Waals surface area contributed by atoms with E-state index in [0.29, 0.717) is 0 Å². The fourth-order valence-electron chi connectivity index (χ4n) is 3.05. The molecule has 1 N–H and O–H groups in total. The van der Waals surface area contributed by atoms with Crippen molar-refractivity contribution in [3.8, 4) is 0 Å². The highest BCUT2D eigenvalue weighted by molar-refractivity contribution is 5.76. The van der Waals surface area contributed by atoms with Crippen molar-refractivity contribution < 1.29 is 0 Å². The zero-order valence-electron chi connectivity index (χ0n) is 11.8. The number of benzene rings is 1. The van der Waals surface area contributed by atoms with Crippen LogP contribution in [0.15, 0.2) is 49.3 Å². The predicted octanol–water partition coefficient (Wildman–Crippen LogP) is 3.77. The van der Waals surface area contributed by atoms with Crippen LogP contribution in [0.3, 0.4) is 0 Å². The Hall–Kier alpha value is -2.55. The molecule has 2 aromatic heterocycles. The molecule has 0 fully saturated rings. The first-order chi connectivity index (χ1) is 10.3. The highest BCUT2D eigenvalue weighted by Gasteiger charge is 2.19. The van der Waals surface area contributed by atoms with Crippen LogP contribution in [0.2, 0.25) is 0 Å².